The molecule has 30 heavy (non-hydrogen) atoms. The van der Waals surface area contributed by atoms with Crippen molar-refractivity contribution in [2.75, 3.05) is 19.0 Å². The molecule has 1 aliphatic heterocycles. The highest BCUT2D eigenvalue weighted by Crippen LogP contribution is 2.46. The van der Waals surface area contributed by atoms with Crippen LogP contribution in [0.5, 0.6) is 11.5 Å². The van der Waals surface area contributed by atoms with Crippen molar-refractivity contribution in [1.82, 2.24) is 14.8 Å². The number of nitrogens with one attached hydrogen (secondary N) is 1. The second-order valence-electron chi connectivity index (χ2n) is 9.33. The summed E-state index contributed by atoms with van der Waals surface area (Å²) in [5.74, 6) is 2.74. The van der Waals surface area contributed by atoms with Crippen molar-refractivity contribution in [3.8, 4) is 11.5 Å². The van der Waals surface area contributed by atoms with Crippen LogP contribution >= 0.6 is 0 Å². The van der Waals surface area contributed by atoms with Gasteiger partial charge in [0.1, 0.15) is 12.4 Å². The highest BCUT2D eigenvalue weighted by Gasteiger charge is 2.41. The van der Waals surface area contributed by atoms with Crippen LogP contribution in [0.15, 0.2) is 35.8 Å². The molecule has 0 spiro atoms. The van der Waals surface area contributed by atoms with Gasteiger partial charge in [-0.15, -0.1) is 0 Å². The van der Waals surface area contributed by atoms with Crippen LogP contribution < -0.4 is 14.8 Å². The molecule has 0 radical (unpaired) electrons. The zero-order chi connectivity index (χ0) is 21.5. The van der Waals surface area contributed by atoms with Crippen molar-refractivity contribution in [2.45, 2.75) is 53.0 Å². The number of hydrogen-bond acceptors (Lipinski definition) is 6. The van der Waals surface area contributed by atoms with Crippen LogP contribution in [0, 0.1) is 11.3 Å². The maximum atomic E-state index is 13.2. The monoisotopic (exact) mass is 410 g/mol. The van der Waals surface area contributed by atoms with Crippen LogP contribution in [0.3, 0.4) is 0 Å². The largest absolute Gasteiger partial charge is 0.493 e. The lowest BCUT2D eigenvalue weighted by Gasteiger charge is -2.38. The quantitative estimate of drug-likeness (QED) is 0.762. The number of rotatable bonds is 6. The van der Waals surface area contributed by atoms with Crippen molar-refractivity contribution >= 4 is 11.7 Å². The van der Waals surface area contributed by atoms with Crippen LogP contribution in [0.4, 0.5) is 5.95 Å². The number of fused-ring (bicyclic) bond motifs is 1. The summed E-state index contributed by atoms with van der Waals surface area (Å²) in [5.41, 5.74) is 2.55. The van der Waals surface area contributed by atoms with E-state index in [0.29, 0.717) is 36.4 Å². The Morgan fingerprint density at radius 2 is 2.07 bits per heavy atom. The van der Waals surface area contributed by atoms with Gasteiger partial charge in [0.2, 0.25) is 5.95 Å². The minimum atomic E-state index is -0.332. The molecule has 2 aliphatic rings. The van der Waals surface area contributed by atoms with Crippen molar-refractivity contribution in [2.24, 2.45) is 11.3 Å². The number of nitrogens with zero attached hydrogens (tertiary/aromatic N) is 3. The highest BCUT2D eigenvalue weighted by atomic mass is 16.5. The lowest BCUT2D eigenvalue weighted by Crippen LogP contribution is -2.36. The fraction of sp³-hybridized carbons (Fsp3) is 0.522. The molecule has 2 aromatic rings. The fourth-order valence-corrected chi connectivity index (χ4v) is 4.24. The Labute approximate surface area is 177 Å². The van der Waals surface area contributed by atoms with Crippen LogP contribution in [0.25, 0.3) is 0 Å². The summed E-state index contributed by atoms with van der Waals surface area (Å²) in [6.45, 7) is 9.22. The number of benzene rings is 1. The average molecular weight is 411 g/mol. The lowest BCUT2D eigenvalue weighted by atomic mass is 9.73. The first-order valence-corrected chi connectivity index (χ1v) is 10.5. The van der Waals surface area contributed by atoms with Gasteiger partial charge in [-0.2, -0.15) is 10.1 Å². The molecule has 1 aromatic heterocycles. The molecule has 1 aromatic carbocycles. The Morgan fingerprint density at radius 1 is 1.27 bits per heavy atom. The Morgan fingerprint density at radius 3 is 2.80 bits per heavy atom. The van der Waals surface area contributed by atoms with E-state index in [1.807, 2.05) is 18.2 Å². The third-order valence-electron chi connectivity index (χ3n) is 5.73. The molecule has 0 unspecified atom stereocenters. The van der Waals surface area contributed by atoms with Crippen molar-refractivity contribution < 1.29 is 14.3 Å². The van der Waals surface area contributed by atoms with Gasteiger partial charge in [0.15, 0.2) is 17.3 Å². The first-order chi connectivity index (χ1) is 14.3. The lowest BCUT2D eigenvalue weighted by molar-refractivity contribution is -0.118. The van der Waals surface area contributed by atoms with Crippen molar-refractivity contribution in [1.29, 1.82) is 0 Å². The Kier molecular flexibility index (Phi) is 5.30. The smallest absolute Gasteiger partial charge is 0.226 e. The van der Waals surface area contributed by atoms with Gasteiger partial charge in [-0.05, 0) is 41.9 Å². The van der Waals surface area contributed by atoms with Crippen LogP contribution in [0.2, 0.25) is 0 Å². The molecule has 1 N–H and O–H groups in total. The van der Waals surface area contributed by atoms with E-state index >= 15 is 0 Å². The molecule has 7 nitrogen and oxygen atoms in total. The zero-order valence-corrected chi connectivity index (χ0v) is 18.4. The Balaban J connectivity index is 1.73. The molecule has 0 saturated heterocycles. The van der Waals surface area contributed by atoms with Gasteiger partial charge in [0.25, 0.3) is 0 Å². The number of methoxy groups -OCH3 is 1. The second kappa shape index (κ2) is 7.78. The van der Waals surface area contributed by atoms with E-state index in [9.17, 15) is 4.79 Å². The summed E-state index contributed by atoms with van der Waals surface area (Å²) >= 11 is 0. The second-order valence-corrected chi connectivity index (χ2v) is 9.33. The normalized spacial score (nSPS) is 19.9. The summed E-state index contributed by atoms with van der Waals surface area (Å²) < 4.78 is 13.3. The topological polar surface area (TPSA) is 78.3 Å². The number of Topliss-reactive ketones (excluding diaryl/α,β-unsaturated/α-hetero) is 1. The molecular formula is C23H30N4O3. The van der Waals surface area contributed by atoms with Crippen molar-refractivity contribution in [3.05, 3.63) is 41.4 Å². The molecule has 1 atom stereocenters. The van der Waals surface area contributed by atoms with Gasteiger partial charge in [0, 0.05) is 17.7 Å². The summed E-state index contributed by atoms with van der Waals surface area (Å²) in [4.78, 5) is 17.5. The number of hydrogen-bond donors (Lipinski definition) is 1. The molecule has 160 valence electrons. The standard InChI is InChI=1S/C23H30N4O3/c1-14(2)8-9-30-18-7-6-15(10-19(18)29-5)21-20-16(11-23(3,4)12-17(20)28)26-22-24-13-25-27(21)22/h6-7,10,13-14,21H,8-9,11-12H2,1-5H3,(H,24,25,26)/t21-/m1/s1. The van der Waals surface area contributed by atoms with E-state index in [-0.39, 0.29) is 17.2 Å². The van der Waals surface area contributed by atoms with E-state index in [2.05, 4.69) is 43.1 Å². The maximum Gasteiger partial charge on any atom is 0.226 e. The minimum absolute atomic E-state index is 0.0819. The number of carbonyl (C=O) groups excluding carboxylic acids is 1. The molecule has 0 fully saturated rings. The minimum Gasteiger partial charge on any atom is -0.493 e. The van der Waals surface area contributed by atoms with E-state index in [0.717, 1.165) is 29.7 Å². The van der Waals surface area contributed by atoms with Crippen LogP contribution in [-0.4, -0.2) is 34.3 Å². The van der Waals surface area contributed by atoms with Gasteiger partial charge >= 0.3 is 0 Å². The van der Waals surface area contributed by atoms with Crippen molar-refractivity contribution in [3.63, 3.8) is 0 Å². The Hall–Kier alpha value is -2.83. The predicted octanol–water partition coefficient (Wildman–Crippen LogP) is 4.37. The average Bonchev–Trinajstić information content (AvgIpc) is 3.13. The molecule has 4 rings (SSSR count). The number of aromatic nitrogens is 3. The predicted molar refractivity (Wildman–Crippen MR) is 115 cm³/mol. The zero-order valence-electron chi connectivity index (χ0n) is 18.4. The third kappa shape index (κ3) is 3.80. The first-order valence-electron chi connectivity index (χ1n) is 10.5. The number of allylic oxidation sites excluding steroid dienone is 2. The van der Waals surface area contributed by atoms with Gasteiger partial charge < -0.3 is 14.8 Å². The molecule has 7 heteroatoms. The number of anilines is 1. The third-order valence-corrected chi connectivity index (χ3v) is 5.73. The van der Waals surface area contributed by atoms with Crippen LogP contribution in [-0.2, 0) is 4.79 Å². The number of ether oxygens (including phenoxy) is 2. The Bertz CT molecular complexity index is 990. The summed E-state index contributed by atoms with van der Waals surface area (Å²) in [6, 6.07) is 5.53. The molecule has 0 saturated carbocycles. The maximum absolute atomic E-state index is 13.2. The van der Waals surface area contributed by atoms with Gasteiger partial charge in [-0.3, -0.25) is 4.79 Å². The van der Waals surface area contributed by atoms with Gasteiger partial charge in [0.05, 0.1) is 13.7 Å². The molecular weight excluding hydrogens is 380 g/mol. The summed E-state index contributed by atoms with van der Waals surface area (Å²) in [5, 5.41) is 7.74. The van der Waals surface area contributed by atoms with E-state index in [1.54, 1.807) is 11.8 Å². The fourth-order valence-electron chi connectivity index (χ4n) is 4.24. The molecule has 1 aliphatic carbocycles. The molecule has 0 amide bonds. The van der Waals surface area contributed by atoms with E-state index < -0.39 is 0 Å². The van der Waals surface area contributed by atoms with Gasteiger partial charge in [-0.25, -0.2) is 4.68 Å². The SMILES string of the molecule is COc1cc([C@@H]2C3=C(CC(C)(C)CC3=O)Nc3ncnn32)ccc1OCCC(C)C. The molecule has 2 heterocycles. The summed E-state index contributed by atoms with van der Waals surface area (Å²) in [7, 11) is 1.64. The number of carbonyl (C=O) groups is 1. The van der Waals surface area contributed by atoms with Gasteiger partial charge in [-0.1, -0.05) is 33.8 Å². The summed E-state index contributed by atoms with van der Waals surface area (Å²) in [6.07, 6.45) is 3.80. The number of ketones is 1. The first kappa shape index (κ1) is 20.4. The van der Waals surface area contributed by atoms with E-state index in [4.69, 9.17) is 9.47 Å². The highest BCUT2D eigenvalue weighted by molar-refractivity contribution is 6.00. The van der Waals surface area contributed by atoms with E-state index in [1.165, 1.54) is 6.33 Å². The van der Waals surface area contributed by atoms with Crippen LogP contribution in [0.1, 0.15) is 58.6 Å². The molecule has 0 bridgehead atoms.